The quantitative estimate of drug-likeness (QED) is 0.734. The first-order valence-electron chi connectivity index (χ1n) is 5.00. The Morgan fingerprint density at radius 1 is 1.14 bits per heavy atom. The van der Waals surface area contributed by atoms with Crippen molar-refractivity contribution < 1.29 is 9.90 Å². The molecule has 74 valence electrons. The summed E-state index contributed by atoms with van der Waals surface area (Å²) < 4.78 is 0. The van der Waals surface area contributed by atoms with E-state index in [1.807, 2.05) is 30.3 Å². The highest BCUT2D eigenvalue weighted by Gasteiger charge is 2.26. The molecule has 1 aliphatic rings. The van der Waals surface area contributed by atoms with Crippen LogP contribution in [-0.4, -0.2) is 17.0 Å². The zero-order valence-electron chi connectivity index (χ0n) is 8.02. The molecule has 1 saturated carbocycles. The number of benzene rings is 1. The summed E-state index contributed by atoms with van der Waals surface area (Å²) in [7, 11) is 0. The number of aliphatic hydroxyl groups is 1. The van der Waals surface area contributed by atoms with Crippen molar-refractivity contribution in [3.05, 3.63) is 35.9 Å². The van der Waals surface area contributed by atoms with Crippen LogP contribution in [0.5, 0.6) is 0 Å². The molecule has 2 heteroatoms. The Morgan fingerprint density at radius 2 is 1.86 bits per heavy atom. The topological polar surface area (TPSA) is 37.3 Å². The monoisotopic (exact) mass is 190 g/mol. The summed E-state index contributed by atoms with van der Waals surface area (Å²) in [6, 6.07) is 9.96. The molecule has 2 nitrogen and oxygen atoms in total. The van der Waals surface area contributed by atoms with Crippen LogP contribution >= 0.6 is 0 Å². The van der Waals surface area contributed by atoms with Crippen LogP contribution in [0.4, 0.5) is 0 Å². The van der Waals surface area contributed by atoms with Gasteiger partial charge in [0.25, 0.3) is 0 Å². The second kappa shape index (κ2) is 3.93. The number of carbonyl (C=O) groups is 1. The summed E-state index contributed by atoms with van der Waals surface area (Å²) in [5.41, 5.74) is 1.17. The normalized spacial score (nSPS) is 27.6. The van der Waals surface area contributed by atoms with Gasteiger partial charge in [-0.1, -0.05) is 30.3 Å². The Morgan fingerprint density at radius 3 is 2.50 bits per heavy atom. The van der Waals surface area contributed by atoms with E-state index in [4.69, 9.17) is 0 Å². The van der Waals surface area contributed by atoms with Gasteiger partial charge in [0.05, 0.1) is 6.10 Å². The lowest BCUT2D eigenvalue weighted by molar-refractivity contribution is -0.123. The third-order valence-corrected chi connectivity index (χ3v) is 2.76. The summed E-state index contributed by atoms with van der Waals surface area (Å²) in [6.07, 6.45) is 1.20. The van der Waals surface area contributed by atoms with Crippen molar-refractivity contribution in [1.29, 1.82) is 0 Å². The minimum Gasteiger partial charge on any atom is -0.393 e. The van der Waals surface area contributed by atoms with Gasteiger partial charge >= 0.3 is 0 Å². The summed E-state index contributed by atoms with van der Waals surface area (Å²) in [5, 5.41) is 9.49. The molecule has 1 aromatic carbocycles. The predicted octanol–water partition coefficient (Wildman–Crippen LogP) is 1.88. The molecule has 14 heavy (non-hydrogen) atoms. The zero-order valence-corrected chi connectivity index (χ0v) is 8.02. The van der Waals surface area contributed by atoms with Gasteiger partial charge in [-0.3, -0.25) is 4.79 Å². The lowest BCUT2D eigenvalue weighted by Gasteiger charge is -2.25. The molecular formula is C12H14O2. The number of hydrogen-bond donors (Lipinski definition) is 1. The SMILES string of the molecule is O=C1C[C@H](O)C[C@@H](c2ccccc2)C1. The molecule has 0 saturated heterocycles. The van der Waals surface area contributed by atoms with Crippen LogP contribution in [0.1, 0.15) is 30.7 Å². The van der Waals surface area contributed by atoms with E-state index >= 15 is 0 Å². The first-order valence-corrected chi connectivity index (χ1v) is 5.00. The summed E-state index contributed by atoms with van der Waals surface area (Å²) in [4.78, 5) is 11.3. The Balaban J connectivity index is 2.15. The molecule has 0 aromatic heterocycles. The molecule has 0 spiro atoms. The van der Waals surface area contributed by atoms with E-state index in [-0.39, 0.29) is 11.7 Å². The van der Waals surface area contributed by atoms with Gasteiger partial charge in [0.1, 0.15) is 5.78 Å². The Kier molecular flexibility index (Phi) is 2.64. The molecule has 0 amide bonds. The third kappa shape index (κ3) is 2.02. The van der Waals surface area contributed by atoms with E-state index in [1.165, 1.54) is 5.56 Å². The fourth-order valence-corrected chi connectivity index (χ4v) is 2.10. The average molecular weight is 190 g/mol. The fourth-order valence-electron chi connectivity index (χ4n) is 2.10. The highest BCUT2D eigenvalue weighted by Crippen LogP contribution is 2.30. The zero-order chi connectivity index (χ0) is 9.97. The van der Waals surface area contributed by atoms with Crippen LogP contribution in [0.3, 0.4) is 0 Å². The van der Waals surface area contributed by atoms with Crippen molar-refractivity contribution in [3.63, 3.8) is 0 Å². The smallest absolute Gasteiger partial charge is 0.136 e. The van der Waals surface area contributed by atoms with Gasteiger partial charge in [-0.2, -0.15) is 0 Å². The van der Waals surface area contributed by atoms with Gasteiger partial charge < -0.3 is 5.11 Å². The Bertz CT molecular complexity index is 318. The number of carbonyl (C=O) groups excluding carboxylic acids is 1. The maximum atomic E-state index is 11.3. The molecule has 1 aliphatic carbocycles. The van der Waals surface area contributed by atoms with Gasteiger partial charge in [-0.15, -0.1) is 0 Å². The van der Waals surface area contributed by atoms with Crippen LogP contribution in [0, 0.1) is 0 Å². The standard InChI is InChI=1S/C12H14O2/c13-11-6-10(7-12(14)8-11)9-4-2-1-3-5-9/h1-5,10-11,13H,6-8H2/t10-,11-/m1/s1. The largest absolute Gasteiger partial charge is 0.393 e. The number of hydrogen-bond acceptors (Lipinski definition) is 2. The molecule has 0 unspecified atom stereocenters. The molecule has 1 fully saturated rings. The minimum atomic E-state index is -0.443. The fraction of sp³-hybridized carbons (Fsp3) is 0.417. The van der Waals surface area contributed by atoms with Crippen molar-refractivity contribution >= 4 is 5.78 Å². The van der Waals surface area contributed by atoms with Crippen molar-refractivity contribution in [1.82, 2.24) is 0 Å². The van der Waals surface area contributed by atoms with Gasteiger partial charge in [0.2, 0.25) is 0 Å². The lowest BCUT2D eigenvalue weighted by Crippen LogP contribution is -2.25. The Labute approximate surface area is 83.6 Å². The van der Waals surface area contributed by atoms with E-state index < -0.39 is 6.10 Å². The van der Waals surface area contributed by atoms with Crippen LogP contribution in [0.25, 0.3) is 0 Å². The summed E-state index contributed by atoms with van der Waals surface area (Å²) in [6.45, 7) is 0. The maximum Gasteiger partial charge on any atom is 0.136 e. The van der Waals surface area contributed by atoms with Crippen molar-refractivity contribution in [3.8, 4) is 0 Å². The molecule has 0 aliphatic heterocycles. The first-order chi connectivity index (χ1) is 6.75. The molecule has 0 bridgehead atoms. The van der Waals surface area contributed by atoms with E-state index in [0.29, 0.717) is 12.8 Å². The first kappa shape index (κ1) is 9.41. The van der Waals surface area contributed by atoms with Crippen LogP contribution in [0.15, 0.2) is 30.3 Å². The molecule has 2 atom stereocenters. The van der Waals surface area contributed by atoms with Crippen molar-refractivity contribution in [2.24, 2.45) is 0 Å². The molecule has 0 radical (unpaired) electrons. The molecular weight excluding hydrogens is 176 g/mol. The summed E-state index contributed by atoms with van der Waals surface area (Å²) >= 11 is 0. The van der Waals surface area contributed by atoms with Crippen LogP contribution in [-0.2, 0) is 4.79 Å². The predicted molar refractivity (Wildman–Crippen MR) is 54.0 cm³/mol. The molecule has 0 heterocycles. The van der Waals surface area contributed by atoms with Crippen molar-refractivity contribution in [2.45, 2.75) is 31.3 Å². The van der Waals surface area contributed by atoms with E-state index in [2.05, 4.69) is 0 Å². The number of rotatable bonds is 1. The maximum absolute atomic E-state index is 11.3. The third-order valence-electron chi connectivity index (χ3n) is 2.76. The molecule has 2 rings (SSSR count). The van der Waals surface area contributed by atoms with Gasteiger partial charge in [-0.25, -0.2) is 0 Å². The Hall–Kier alpha value is -1.15. The number of ketones is 1. The summed E-state index contributed by atoms with van der Waals surface area (Å²) in [5.74, 6) is 0.394. The van der Waals surface area contributed by atoms with Gasteiger partial charge in [0, 0.05) is 12.8 Å². The highest BCUT2D eigenvalue weighted by atomic mass is 16.3. The van der Waals surface area contributed by atoms with E-state index in [1.54, 1.807) is 0 Å². The second-order valence-corrected chi connectivity index (χ2v) is 3.94. The minimum absolute atomic E-state index is 0.178. The van der Waals surface area contributed by atoms with Crippen LogP contribution in [0.2, 0.25) is 0 Å². The lowest BCUT2D eigenvalue weighted by atomic mass is 9.82. The molecule has 1 aromatic rings. The van der Waals surface area contributed by atoms with Crippen molar-refractivity contribution in [2.75, 3.05) is 0 Å². The van der Waals surface area contributed by atoms with Gasteiger partial charge in [-0.05, 0) is 17.9 Å². The average Bonchev–Trinajstić information content (AvgIpc) is 2.18. The number of Topliss-reactive ketones (excluding diaryl/α,β-unsaturated/α-hetero) is 1. The van der Waals surface area contributed by atoms with E-state index in [9.17, 15) is 9.90 Å². The second-order valence-electron chi connectivity index (χ2n) is 3.94. The van der Waals surface area contributed by atoms with E-state index in [0.717, 1.165) is 6.42 Å². The van der Waals surface area contributed by atoms with Crippen LogP contribution < -0.4 is 0 Å². The number of aliphatic hydroxyl groups excluding tert-OH is 1. The molecule has 1 N–H and O–H groups in total. The van der Waals surface area contributed by atoms with Gasteiger partial charge in [0.15, 0.2) is 0 Å². The highest BCUT2D eigenvalue weighted by molar-refractivity contribution is 5.80.